The Morgan fingerprint density at radius 1 is 1.37 bits per heavy atom. The summed E-state index contributed by atoms with van der Waals surface area (Å²) in [5, 5.41) is 0. The van der Waals surface area contributed by atoms with Crippen LogP contribution in [0.15, 0.2) is 24.4 Å². The van der Waals surface area contributed by atoms with Crippen molar-refractivity contribution in [2.75, 3.05) is 13.2 Å². The second-order valence-corrected chi connectivity index (χ2v) is 4.78. The van der Waals surface area contributed by atoms with Crippen molar-refractivity contribution in [1.82, 2.24) is 4.98 Å². The minimum atomic E-state index is -0.567. The highest BCUT2D eigenvalue weighted by Crippen LogP contribution is 2.30. The van der Waals surface area contributed by atoms with Crippen LogP contribution in [0.1, 0.15) is 38.8 Å². The molecule has 0 aliphatic heterocycles. The van der Waals surface area contributed by atoms with Gasteiger partial charge in [0.2, 0.25) is 0 Å². The monoisotopic (exact) mass is 264 g/mol. The molecule has 1 unspecified atom stereocenters. The van der Waals surface area contributed by atoms with E-state index < -0.39 is 5.41 Å². The molecule has 2 N–H and O–H groups in total. The summed E-state index contributed by atoms with van der Waals surface area (Å²) in [6.07, 6.45) is 4.88. The van der Waals surface area contributed by atoms with Crippen molar-refractivity contribution in [2.24, 2.45) is 11.1 Å². The van der Waals surface area contributed by atoms with Gasteiger partial charge < -0.3 is 10.5 Å². The molecule has 4 nitrogen and oxygen atoms in total. The summed E-state index contributed by atoms with van der Waals surface area (Å²) in [6, 6.07) is 5.81. The highest BCUT2D eigenvalue weighted by Gasteiger charge is 2.37. The molecular formula is C15H24N2O2. The number of hydrogen-bond donors (Lipinski definition) is 1. The molecule has 1 atom stereocenters. The first-order valence-electron chi connectivity index (χ1n) is 6.95. The van der Waals surface area contributed by atoms with E-state index in [1.807, 2.05) is 25.1 Å². The predicted octanol–water partition coefficient (Wildman–Crippen LogP) is 2.32. The van der Waals surface area contributed by atoms with Crippen molar-refractivity contribution in [2.45, 2.75) is 39.5 Å². The lowest BCUT2D eigenvalue weighted by Crippen LogP contribution is -2.40. The number of aryl methyl sites for hydroxylation is 1. The van der Waals surface area contributed by atoms with E-state index in [0.29, 0.717) is 19.6 Å². The molecule has 0 amide bonds. The Kier molecular flexibility index (Phi) is 6.50. The normalized spacial score (nSPS) is 13.8. The zero-order valence-corrected chi connectivity index (χ0v) is 11.9. The molecule has 0 spiro atoms. The van der Waals surface area contributed by atoms with E-state index in [-0.39, 0.29) is 5.97 Å². The fourth-order valence-corrected chi connectivity index (χ4v) is 2.29. The number of rotatable bonds is 8. The van der Waals surface area contributed by atoms with Crippen LogP contribution >= 0.6 is 0 Å². The van der Waals surface area contributed by atoms with Crippen molar-refractivity contribution >= 4 is 5.97 Å². The van der Waals surface area contributed by atoms with Gasteiger partial charge in [-0.05, 0) is 38.3 Å². The number of pyridine rings is 1. The smallest absolute Gasteiger partial charge is 0.313 e. The van der Waals surface area contributed by atoms with Crippen LogP contribution in [0.4, 0.5) is 0 Å². The molecule has 0 radical (unpaired) electrons. The number of esters is 1. The molecule has 0 bridgehead atoms. The van der Waals surface area contributed by atoms with E-state index in [1.54, 1.807) is 6.20 Å². The van der Waals surface area contributed by atoms with Crippen LogP contribution in [0, 0.1) is 5.41 Å². The molecule has 1 heterocycles. The summed E-state index contributed by atoms with van der Waals surface area (Å²) in [5.41, 5.74) is 6.29. The number of aromatic nitrogens is 1. The summed E-state index contributed by atoms with van der Waals surface area (Å²) < 4.78 is 5.20. The van der Waals surface area contributed by atoms with Crippen LogP contribution < -0.4 is 5.73 Å². The van der Waals surface area contributed by atoms with Crippen LogP contribution in [0.25, 0.3) is 0 Å². The van der Waals surface area contributed by atoms with Gasteiger partial charge in [-0.3, -0.25) is 9.78 Å². The second kappa shape index (κ2) is 7.89. The highest BCUT2D eigenvalue weighted by molar-refractivity contribution is 5.77. The third-order valence-electron chi connectivity index (χ3n) is 3.41. The number of hydrogen-bond acceptors (Lipinski definition) is 4. The quantitative estimate of drug-likeness (QED) is 0.732. The Labute approximate surface area is 115 Å². The highest BCUT2D eigenvalue weighted by atomic mass is 16.5. The second-order valence-electron chi connectivity index (χ2n) is 4.78. The lowest BCUT2D eigenvalue weighted by atomic mass is 9.78. The third kappa shape index (κ3) is 4.31. The lowest BCUT2D eigenvalue weighted by molar-refractivity contribution is -0.155. The number of nitrogens with zero attached hydrogens (tertiary/aromatic N) is 1. The fraction of sp³-hybridized carbons (Fsp3) is 0.600. The molecule has 4 heteroatoms. The lowest BCUT2D eigenvalue weighted by Gasteiger charge is -2.29. The maximum Gasteiger partial charge on any atom is 0.313 e. The summed E-state index contributed by atoms with van der Waals surface area (Å²) in [5.74, 6) is -0.171. The molecule has 1 rings (SSSR count). The van der Waals surface area contributed by atoms with Gasteiger partial charge in [-0.25, -0.2) is 0 Å². The third-order valence-corrected chi connectivity index (χ3v) is 3.41. The molecule has 0 saturated carbocycles. The van der Waals surface area contributed by atoms with E-state index >= 15 is 0 Å². The van der Waals surface area contributed by atoms with Crippen molar-refractivity contribution in [3.05, 3.63) is 30.1 Å². The standard InChI is InChI=1S/C15H24N2O2/c1-3-9-15(12-16,14(18)19-4-2)10-8-13-7-5-6-11-17-13/h5-7,11H,3-4,8-10,12,16H2,1-2H3. The molecular weight excluding hydrogens is 240 g/mol. The Balaban J connectivity index is 2.76. The predicted molar refractivity (Wildman–Crippen MR) is 75.6 cm³/mol. The number of carbonyl (C=O) groups excluding carboxylic acids is 1. The molecule has 0 fully saturated rings. The first-order chi connectivity index (χ1) is 9.18. The zero-order chi connectivity index (χ0) is 14.1. The van der Waals surface area contributed by atoms with Crippen LogP contribution in [0.5, 0.6) is 0 Å². The maximum atomic E-state index is 12.2. The van der Waals surface area contributed by atoms with Crippen molar-refractivity contribution in [3.8, 4) is 0 Å². The number of ether oxygens (including phenoxy) is 1. The van der Waals surface area contributed by atoms with Crippen LogP contribution in [-0.2, 0) is 16.0 Å². The van der Waals surface area contributed by atoms with E-state index in [2.05, 4.69) is 11.9 Å². The summed E-state index contributed by atoms with van der Waals surface area (Å²) >= 11 is 0. The Bertz CT molecular complexity index is 381. The molecule has 0 saturated heterocycles. The summed E-state index contributed by atoms with van der Waals surface area (Å²) in [6.45, 7) is 4.61. The number of carbonyl (C=O) groups is 1. The Morgan fingerprint density at radius 2 is 2.16 bits per heavy atom. The summed E-state index contributed by atoms with van der Waals surface area (Å²) in [7, 11) is 0. The molecule has 106 valence electrons. The Hall–Kier alpha value is -1.42. The van der Waals surface area contributed by atoms with Gasteiger partial charge in [-0.15, -0.1) is 0 Å². The Morgan fingerprint density at radius 3 is 2.68 bits per heavy atom. The zero-order valence-electron chi connectivity index (χ0n) is 11.9. The first-order valence-corrected chi connectivity index (χ1v) is 6.95. The van der Waals surface area contributed by atoms with Crippen molar-refractivity contribution in [1.29, 1.82) is 0 Å². The first kappa shape index (κ1) is 15.6. The van der Waals surface area contributed by atoms with Gasteiger partial charge >= 0.3 is 5.97 Å². The van der Waals surface area contributed by atoms with Gasteiger partial charge in [0.15, 0.2) is 0 Å². The average molecular weight is 264 g/mol. The molecule has 1 aromatic heterocycles. The molecule has 19 heavy (non-hydrogen) atoms. The van der Waals surface area contributed by atoms with E-state index in [1.165, 1.54) is 0 Å². The minimum absolute atomic E-state index is 0.171. The van der Waals surface area contributed by atoms with Crippen LogP contribution in [0.3, 0.4) is 0 Å². The van der Waals surface area contributed by atoms with Gasteiger partial charge in [0, 0.05) is 18.4 Å². The largest absolute Gasteiger partial charge is 0.466 e. The molecule has 0 aromatic carbocycles. The van der Waals surface area contributed by atoms with Crippen molar-refractivity contribution in [3.63, 3.8) is 0 Å². The fourth-order valence-electron chi connectivity index (χ4n) is 2.29. The average Bonchev–Trinajstić information content (AvgIpc) is 2.45. The van der Waals surface area contributed by atoms with Crippen LogP contribution in [0.2, 0.25) is 0 Å². The van der Waals surface area contributed by atoms with Gasteiger partial charge in [0.1, 0.15) is 0 Å². The van der Waals surface area contributed by atoms with E-state index in [9.17, 15) is 4.79 Å². The van der Waals surface area contributed by atoms with Gasteiger partial charge in [0.25, 0.3) is 0 Å². The molecule has 0 aliphatic carbocycles. The van der Waals surface area contributed by atoms with E-state index in [0.717, 1.165) is 25.0 Å². The van der Waals surface area contributed by atoms with Gasteiger partial charge in [-0.2, -0.15) is 0 Å². The van der Waals surface area contributed by atoms with Crippen LogP contribution in [-0.4, -0.2) is 24.1 Å². The molecule has 0 aliphatic rings. The van der Waals surface area contributed by atoms with Gasteiger partial charge in [0.05, 0.1) is 12.0 Å². The number of nitrogens with two attached hydrogens (primary N) is 1. The SMILES string of the molecule is CCCC(CN)(CCc1ccccn1)C(=O)OCC. The minimum Gasteiger partial charge on any atom is -0.466 e. The van der Waals surface area contributed by atoms with Crippen molar-refractivity contribution < 1.29 is 9.53 Å². The van der Waals surface area contributed by atoms with E-state index in [4.69, 9.17) is 10.5 Å². The summed E-state index contributed by atoms with van der Waals surface area (Å²) in [4.78, 5) is 16.5. The molecule has 1 aromatic rings. The topological polar surface area (TPSA) is 65.2 Å². The van der Waals surface area contributed by atoms with Gasteiger partial charge in [-0.1, -0.05) is 19.4 Å². The maximum absolute atomic E-state index is 12.2.